The van der Waals surface area contributed by atoms with Crippen molar-refractivity contribution >= 4 is 11.5 Å². The number of nitro benzene ring substituents is 1. The number of hydrogen-bond donors (Lipinski definition) is 0. The van der Waals surface area contributed by atoms with Crippen molar-refractivity contribution in [2.75, 3.05) is 6.61 Å². The van der Waals surface area contributed by atoms with Crippen molar-refractivity contribution < 1.29 is 14.5 Å². The second-order valence-electron chi connectivity index (χ2n) is 3.82. The minimum atomic E-state index is -0.478. The Bertz CT molecular complexity index is 399. The van der Waals surface area contributed by atoms with Crippen LogP contribution < -0.4 is 4.74 Å². The maximum atomic E-state index is 11.5. The monoisotopic (exact) mass is 237 g/mol. The van der Waals surface area contributed by atoms with Crippen molar-refractivity contribution in [3.8, 4) is 5.75 Å². The number of rotatable bonds is 6. The fourth-order valence-electron chi connectivity index (χ4n) is 1.19. The lowest BCUT2D eigenvalue weighted by atomic mass is 10.1. The highest BCUT2D eigenvalue weighted by Gasteiger charge is 2.11. The number of benzene rings is 1. The number of carbonyl (C=O) groups is 1. The summed E-state index contributed by atoms with van der Waals surface area (Å²) in [6.45, 7) is 3.79. The molecule has 0 heterocycles. The number of Topliss-reactive ketones (excluding diaryl/α,β-unsaturated/α-hetero) is 1. The van der Waals surface area contributed by atoms with Gasteiger partial charge in [-0.05, 0) is 18.6 Å². The minimum absolute atomic E-state index is 0.00519. The quantitative estimate of drug-likeness (QED) is 0.563. The second kappa shape index (κ2) is 5.98. The van der Waals surface area contributed by atoms with Crippen LogP contribution in [-0.4, -0.2) is 17.3 Å². The molecule has 1 rings (SSSR count). The van der Waals surface area contributed by atoms with Crippen molar-refractivity contribution in [3.63, 3.8) is 0 Å². The van der Waals surface area contributed by atoms with Crippen LogP contribution in [0.1, 0.15) is 20.3 Å². The zero-order chi connectivity index (χ0) is 12.8. The highest BCUT2D eigenvalue weighted by molar-refractivity contribution is 5.82. The number of carbonyl (C=O) groups excluding carboxylic acids is 1. The third-order valence-corrected chi connectivity index (χ3v) is 2.59. The molecule has 17 heavy (non-hydrogen) atoms. The molecule has 0 radical (unpaired) electrons. The van der Waals surface area contributed by atoms with E-state index in [1.54, 1.807) is 0 Å². The molecule has 0 aromatic heterocycles. The van der Waals surface area contributed by atoms with Gasteiger partial charge in [-0.2, -0.15) is 0 Å². The van der Waals surface area contributed by atoms with Gasteiger partial charge >= 0.3 is 0 Å². The largest absolute Gasteiger partial charge is 0.486 e. The summed E-state index contributed by atoms with van der Waals surface area (Å²) >= 11 is 0. The van der Waals surface area contributed by atoms with Gasteiger partial charge in [0.25, 0.3) is 5.69 Å². The van der Waals surface area contributed by atoms with Gasteiger partial charge in [-0.1, -0.05) is 13.8 Å². The van der Waals surface area contributed by atoms with Crippen LogP contribution in [-0.2, 0) is 4.79 Å². The molecule has 0 saturated carbocycles. The lowest BCUT2D eigenvalue weighted by Gasteiger charge is -2.08. The standard InChI is InChI=1S/C12H15NO4/c1-3-9(2)12(14)8-17-11-6-4-10(5-7-11)13(15)16/h4-7,9H,3,8H2,1-2H3. The zero-order valence-corrected chi connectivity index (χ0v) is 9.88. The van der Waals surface area contributed by atoms with E-state index in [1.807, 2.05) is 13.8 Å². The number of ether oxygens (including phenoxy) is 1. The van der Waals surface area contributed by atoms with Gasteiger partial charge in [0, 0.05) is 18.1 Å². The van der Waals surface area contributed by atoms with Crippen LogP contribution in [0.5, 0.6) is 5.75 Å². The van der Waals surface area contributed by atoms with Crippen LogP contribution in [0.2, 0.25) is 0 Å². The van der Waals surface area contributed by atoms with Gasteiger partial charge in [-0.25, -0.2) is 0 Å². The predicted octanol–water partition coefficient (Wildman–Crippen LogP) is 2.59. The molecule has 0 N–H and O–H groups in total. The van der Waals surface area contributed by atoms with E-state index in [1.165, 1.54) is 24.3 Å². The van der Waals surface area contributed by atoms with Gasteiger partial charge in [0.05, 0.1) is 4.92 Å². The van der Waals surface area contributed by atoms with Crippen molar-refractivity contribution in [2.45, 2.75) is 20.3 Å². The zero-order valence-electron chi connectivity index (χ0n) is 9.88. The molecule has 92 valence electrons. The molecular weight excluding hydrogens is 222 g/mol. The third kappa shape index (κ3) is 3.86. The second-order valence-corrected chi connectivity index (χ2v) is 3.82. The maximum absolute atomic E-state index is 11.5. The first-order valence-electron chi connectivity index (χ1n) is 5.44. The average Bonchev–Trinajstić information content (AvgIpc) is 2.35. The molecule has 1 atom stereocenters. The van der Waals surface area contributed by atoms with Crippen LogP contribution in [0.25, 0.3) is 0 Å². The first-order valence-corrected chi connectivity index (χ1v) is 5.44. The Balaban J connectivity index is 2.53. The van der Waals surface area contributed by atoms with Gasteiger partial charge in [-0.15, -0.1) is 0 Å². The minimum Gasteiger partial charge on any atom is -0.486 e. The summed E-state index contributed by atoms with van der Waals surface area (Å²) in [7, 11) is 0. The van der Waals surface area contributed by atoms with Crippen LogP contribution >= 0.6 is 0 Å². The lowest BCUT2D eigenvalue weighted by Crippen LogP contribution is -2.18. The average molecular weight is 237 g/mol. The molecule has 1 unspecified atom stereocenters. The summed E-state index contributed by atoms with van der Waals surface area (Å²) in [5.41, 5.74) is 0.00519. The molecule has 0 fully saturated rings. The molecule has 0 aliphatic carbocycles. The van der Waals surface area contributed by atoms with Gasteiger partial charge in [0.1, 0.15) is 12.4 Å². The van der Waals surface area contributed by atoms with Crippen molar-refractivity contribution in [1.82, 2.24) is 0 Å². The normalized spacial score (nSPS) is 11.9. The summed E-state index contributed by atoms with van der Waals surface area (Å²) in [6.07, 6.45) is 0.780. The van der Waals surface area contributed by atoms with Crippen LogP contribution in [0.4, 0.5) is 5.69 Å². The molecule has 1 aromatic carbocycles. The SMILES string of the molecule is CCC(C)C(=O)COc1ccc([N+](=O)[O-])cc1. The van der Waals surface area contributed by atoms with Crippen LogP contribution in [0.15, 0.2) is 24.3 Å². The van der Waals surface area contributed by atoms with Gasteiger partial charge in [0.2, 0.25) is 0 Å². The Kier molecular flexibility index (Phi) is 4.63. The molecule has 0 bridgehead atoms. The van der Waals surface area contributed by atoms with Gasteiger partial charge in [0.15, 0.2) is 5.78 Å². The first-order chi connectivity index (χ1) is 8.04. The summed E-state index contributed by atoms with van der Waals surface area (Å²) in [5, 5.41) is 10.4. The van der Waals surface area contributed by atoms with E-state index < -0.39 is 4.92 Å². The Labute approximate surface area is 99.5 Å². The van der Waals surface area contributed by atoms with E-state index in [0.29, 0.717) is 5.75 Å². The van der Waals surface area contributed by atoms with Crippen molar-refractivity contribution in [2.24, 2.45) is 5.92 Å². The number of nitro groups is 1. The van der Waals surface area contributed by atoms with E-state index in [-0.39, 0.29) is 24.0 Å². The number of nitrogens with zero attached hydrogens (tertiary/aromatic N) is 1. The fraction of sp³-hybridized carbons (Fsp3) is 0.417. The van der Waals surface area contributed by atoms with Crippen LogP contribution in [0.3, 0.4) is 0 Å². The van der Waals surface area contributed by atoms with Crippen molar-refractivity contribution in [1.29, 1.82) is 0 Å². The molecule has 0 amide bonds. The molecule has 5 heteroatoms. The Morgan fingerprint density at radius 1 is 1.41 bits per heavy atom. The fourth-order valence-corrected chi connectivity index (χ4v) is 1.19. The summed E-state index contributed by atoms with van der Waals surface area (Å²) in [5.74, 6) is 0.478. The Morgan fingerprint density at radius 3 is 2.47 bits per heavy atom. The van der Waals surface area contributed by atoms with E-state index in [0.717, 1.165) is 6.42 Å². The number of hydrogen-bond acceptors (Lipinski definition) is 4. The van der Waals surface area contributed by atoms with Gasteiger partial charge < -0.3 is 4.74 Å². The van der Waals surface area contributed by atoms with E-state index in [9.17, 15) is 14.9 Å². The Hall–Kier alpha value is -1.91. The lowest BCUT2D eigenvalue weighted by molar-refractivity contribution is -0.384. The van der Waals surface area contributed by atoms with E-state index in [2.05, 4.69) is 0 Å². The third-order valence-electron chi connectivity index (χ3n) is 2.59. The molecule has 0 aliphatic heterocycles. The molecule has 0 aliphatic rings. The highest BCUT2D eigenvalue weighted by atomic mass is 16.6. The van der Waals surface area contributed by atoms with Crippen LogP contribution in [0, 0.1) is 16.0 Å². The molecule has 0 spiro atoms. The van der Waals surface area contributed by atoms with E-state index >= 15 is 0 Å². The molecule has 5 nitrogen and oxygen atoms in total. The maximum Gasteiger partial charge on any atom is 0.269 e. The van der Waals surface area contributed by atoms with E-state index in [4.69, 9.17) is 4.74 Å². The van der Waals surface area contributed by atoms with Crippen molar-refractivity contribution in [3.05, 3.63) is 34.4 Å². The smallest absolute Gasteiger partial charge is 0.269 e. The Morgan fingerprint density at radius 2 is 2.00 bits per heavy atom. The molecule has 0 saturated heterocycles. The first kappa shape index (κ1) is 13.2. The summed E-state index contributed by atoms with van der Waals surface area (Å²) < 4.78 is 5.25. The van der Waals surface area contributed by atoms with Gasteiger partial charge in [-0.3, -0.25) is 14.9 Å². The molecular formula is C12H15NO4. The molecule has 1 aromatic rings. The summed E-state index contributed by atoms with van der Waals surface area (Å²) in [4.78, 5) is 21.4. The number of non-ortho nitro benzene ring substituents is 1. The topological polar surface area (TPSA) is 69.4 Å². The predicted molar refractivity (Wildman–Crippen MR) is 63.1 cm³/mol. The summed E-state index contributed by atoms with van der Waals surface area (Å²) in [6, 6.07) is 5.68. The highest BCUT2D eigenvalue weighted by Crippen LogP contribution is 2.17. The number of ketones is 1.